The van der Waals surface area contributed by atoms with E-state index < -0.39 is 17.5 Å². The normalized spacial score (nSPS) is 19.7. The summed E-state index contributed by atoms with van der Waals surface area (Å²) >= 11 is 7.40. The number of aromatic nitrogens is 1. The van der Waals surface area contributed by atoms with Crippen molar-refractivity contribution in [1.82, 2.24) is 4.98 Å². The number of thiophene rings is 1. The molecule has 11 heteroatoms. The Morgan fingerprint density at radius 1 is 1.46 bits per heavy atom. The predicted molar refractivity (Wildman–Crippen MR) is 101 cm³/mol. The highest BCUT2D eigenvalue weighted by molar-refractivity contribution is 7.21. The molecular weight excluding hydrogens is 410 g/mol. The first-order chi connectivity index (χ1) is 13.3. The summed E-state index contributed by atoms with van der Waals surface area (Å²) in [6, 6.07) is 0. The molecule has 1 fully saturated rings. The van der Waals surface area contributed by atoms with Gasteiger partial charge in [0.2, 0.25) is 11.5 Å². The van der Waals surface area contributed by atoms with Crippen LogP contribution in [0.2, 0.25) is 5.02 Å². The quantitative estimate of drug-likeness (QED) is 0.525. The SMILES string of the molecule is Cc1c(Cl)c(OCC2COCO2)nc2sc(C(=O)OC3(C(N)=O)C=C3)c(N)c12. The Balaban J connectivity index is 1.63. The summed E-state index contributed by atoms with van der Waals surface area (Å²) in [7, 11) is 0. The number of primary amides is 1. The molecule has 2 aromatic rings. The molecule has 0 radical (unpaired) electrons. The summed E-state index contributed by atoms with van der Waals surface area (Å²) in [6.45, 7) is 2.62. The molecule has 1 aliphatic heterocycles. The molecule has 0 bridgehead atoms. The van der Waals surface area contributed by atoms with Crippen LogP contribution in [0.4, 0.5) is 5.69 Å². The Hall–Kier alpha value is -2.40. The maximum atomic E-state index is 12.5. The van der Waals surface area contributed by atoms with E-state index in [1.54, 1.807) is 6.92 Å². The topological polar surface area (TPSA) is 136 Å². The van der Waals surface area contributed by atoms with Gasteiger partial charge in [-0.05, 0) is 24.6 Å². The number of pyridine rings is 1. The third kappa shape index (κ3) is 3.18. The number of esters is 1. The molecule has 0 saturated carbocycles. The maximum absolute atomic E-state index is 12.5. The number of hydrogen-bond acceptors (Lipinski definition) is 9. The number of ether oxygens (including phenoxy) is 4. The van der Waals surface area contributed by atoms with Crippen molar-refractivity contribution in [2.45, 2.75) is 18.6 Å². The number of carbonyl (C=O) groups excluding carboxylic acids is 2. The highest BCUT2D eigenvalue weighted by Gasteiger charge is 2.45. The van der Waals surface area contributed by atoms with Crippen LogP contribution in [0.15, 0.2) is 12.2 Å². The van der Waals surface area contributed by atoms with Gasteiger partial charge in [0.25, 0.3) is 5.91 Å². The van der Waals surface area contributed by atoms with E-state index in [9.17, 15) is 9.59 Å². The van der Waals surface area contributed by atoms with Crippen LogP contribution in [-0.2, 0) is 19.0 Å². The van der Waals surface area contributed by atoms with E-state index in [2.05, 4.69) is 4.98 Å². The van der Waals surface area contributed by atoms with Crippen molar-refractivity contribution in [1.29, 1.82) is 0 Å². The van der Waals surface area contributed by atoms with Crippen molar-refractivity contribution in [2.75, 3.05) is 25.7 Å². The fraction of sp³-hybridized carbons (Fsp3) is 0.353. The Kier molecular flexibility index (Phi) is 4.66. The number of carbonyl (C=O) groups is 2. The first-order valence-electron chi connectivity index (χ1n) is 8.26. The zero-order valence-electron chi connectivity index (χ0n) is 14.7. The van der Waals surface area contributed by atoms with Crippen LogP contribution in [0.3, 0.4) is 0 Å². The Morgan fingerprint density at radius 2 is 2.21 bits per heavy atom. The van der Waals surface area contributed by atoms with Gasteiger partial charge in [-0.25, -0.2) is 9.78 Å². The van der Waals surface area contributed by atoms with E-state index in [0.717, 1.165) is 11.3 Å². The van der Waals surface area contributed by atoms with E-state index in [1.165, 1.54) is 12.2 Å². The highest BCUT2D eigenvalue weighted by atomic mass is 35.5. The number of nitrogens with two attached hydrogens (primary N) is 2. The number of hydrogen-bond donors (Lipinski definition) is 2. The second-order valence-electron chi connectivity index (χ2n) is 6.35. The van der Waals surface area contributed by atoms with Crippen LogP contribution in [0, 0.1) is 6.92 Å². The summed E-state index contributed by atoms with van der Waals surface area (Å²) < 4.78 is 21.3. The van der Waals surface area contributed by atoms with Gasteiger partial charge < -0.3 is 30.4 Å². The van der Waals surface area contributed by atoms with Crippen LogP contribution in [0.1, 0.15) is 15.2 Å². The van der Waals surface area contributed by atoms with E-state index in [1.807, 2.05) is 0 Å². The van der Waals surface area contributed by atoms with Crippen LogP contribution < -0.4 is 16.2 Å². The molecule has 2 aromatic heterocycles. The lowest BCUT2D eigenvalue weighted by molar-refractivity contribution is -0.127. The predicted octanol–water partition coefficient (Wildman–Crippen LogP) is 1.54. The van der Waals surface area contributed by atoms with Gasteiger partial charge in [-0.15, -0.1) is 11.3 Å². The molecule has 1 saturated heterocycles. The maximum Gasteiger partial charge on any atom is 0.352 e. The fourth-order valence-electron chi connectivity index (χ4n) is 2.73. The molecule has 1 amide bonds. The van der Waals surface area contributed by atoms with Gasteiger partial charge >= 0.3 is 5.97 Å². The molecule has 1 aliphatic carbocycles. The van der Waals surface area contributed by atoms with E-state index in [0.29, 0.717) is 22.4 Å². The van der Waals surface area contributed by atoms with Gasteiger partial charge in [0.1, 0.15) is 34.2 Å². The van der Waals surface area contributed by atoms with Gasteiger partial charge in [0.05, 0.1) is 12.3 Å². The molecule has 0 spiro atoms. The number of amides is 1. The largest absolute Gasteiger partial charge is 0.474 e. The second kappa shape index (κ2) is 6.89. The summed E-state index contributed by atoms with van der Waals surface area (Å²) in [5.41, 5.74) is 10.7. The molecule has 28 heavy (non-hydrogen) atoms. The van der Waals surface area contributed by atoms with E-state index in [4.69, 9.17) is 42.0 Å². The second-order valence-corrected chi connectivity index (χ2v) is 7.73. The lowest BCUT2D eigenvalue weighted by Gasteiger charge is -2.12. The Labute approximate surface area is 168 Å². The van der Waals surface area contributed by atoms with Crippen LogP contribution in [-0.4, -0.2) is 48.6 Å². The first kappa shape index (κ1) is 18.9. The lowest BCUT2D eigenvalue weighted by Crippen LogP contribution is -2.36. The fourth-order valence-corrected chi connectivity index (χ4v) is 3.94. The van der Waals surface area contributed by atoms with Gasteiger partial charge in [-0.3, -0.25) is 4.79 Å². The molecule has 2 aliphatic rings. The number of aryl methyl sites for hydroxylation is 1. The van der Waals surface area contributed by atoms with Crippen molar-refractivity contribution in [3.63, 3.8) is 0 Å². The highest BCUT2D eigenvalue weighted by Crippen LogP contribution is 2.42. The molecule has 3 heterocycles. The molecular formula is C17H16ClN3O6S. The number of halogens is 1. The minimum absolute atomic E-state index is 0.112. The van der Waals surface area contributed by atoms with Crippen molar-refractivity contribution in [3.8, 4) is 5.88 Å². The smallest absolute Gasteiger partial charge is 0.352 e. The molecule has 1 atom stereocenters. The van der Waals surface area contributed by atoms with Gasteiger partial charge in [-0.1, -0.05) is 11.6 Å². The zero-order valence-corrected chi connectivity index (χ0v) is 16.3. The molecule has 148 valence electrons. The molecule has 9 nitrogen and oxygen atoms in total. The van der Waals surface area contributed by atoms with Crippen molar-refractivity contribution in [3.05, 3.63) is 27.6 Å². The molecule has 1 unspecified atom stereocenters. The number of fused-ring (bicyclic) bond motifs is 1. The van der Waals surface area contributed by atoms with Gasteiger partial charge in [0.15, 0.2) is 0 Å². The van der Waals surface area contributed by atoms with Gasteiger partial charge in [0, 0.05) is 5.39 Å². The number of nitrogen functional groups attached to an aromatic ring is 1. The summed E-state index contributed by atoms with van der Waals surface area (Å²) in [5, 5.41) is 0.819. The first-order valence-corrected chi connectivity index (χ1v) is 9.45. The van der Waals surface area contributed by atoms with Crippen molar-refractivity contribution in [2.24, 2.45) is 5.73 Å². The Bertz CT molecular complexity index is 1010. The average molecular weight is 426 g/mol. The summed E-state index contributed by atoms with van der Waals surface area (Å²) in [5.74, 6) is -1.33. The van der Waals surface area contributed by atoms with Crippen LogP contribution >= 0.6 is 22.9 Å². The summed E-state index contributed by atoms with van der Waals surface area (Å²) in [4.78, 5) is 28.9. The lowest BCUT2D eigenvalue weighted by atomic mass is 10.1. The van der Waals surface area contributed by atoms with Crippen molar-refractivity contribution < 1.29 is 28.5 Å². The number of nitrogens with zero attached hydrogens (tertiary/aromatic N) is 1. The molecule has 4 N–H and O–H groups in total. The van der Waals surface area contributed by atoms with Crippen LogP contribution in [0.5, 0.6) is 5.88 Å². The van der Waals surface area contributed by atoms with Crippen molar-refractivity contribution >= 4 is 50.7 Å². The summed E-state index contributed by atoms with van der Waals surface area (Å²) in [6.07, 6.45) is 2.60. The standard InChI is InChI=1S/C17H16ClN3O6S/c1-7-9-11(19)12(15(22)27-17(2-3-17)16(20)23)28-14(9)21-13(10(7)18)25-5-8-4-24-6-26-8/h2-3,8H,4-6,19H2,1H3,(H2,20,23). The molecule has 0 aromatic carbocycles. The van der Waals surface area contributed by atoms with E-state index >= 15 is 0 Å². The monoisotopic (exact) mass is 425 g/mol. The third-order valence-electron chi connectivity index (χ3n) is 4.42. The zero-order chi connectivity index (χ0) is 20.1. The molecule has 4 rings (SSSR count). The third-order valence-corrected chi connectivity index (χ3v) is 5.94. The van der Waals surface area contributed by atoms with Crippen LogP contribution in [0.25, 0.3) is 10.2 Å². The minimum Gasteiger partial charge on any atom is -0.474 e. The average Bonchev–Trinajstić information content (AvgIpc) is 3.11. The number of anilines is 1. The van der Waals surface area contributed by atoms with E-state index in [-0.39, 0.29) is 41.0 Å². The number of rotatable bonds is 6. The minimum atomic E-state index is -1.47. The van der Waals surface area contributed by atoms with Gasteiger partial charge in [-0.2, -0.15) is 0 Å². The Morgan fingerprint density at radius 3 is 2.82 bits per heavy atom.